The van der Waals surface area contributed by atoms with Gasteiger partial charge in [-0.25, -0.2) is 4.98 Å². The molecule has 2 aromatic rings. The van der Waals surface area contributed by atoms with Crippen LogP contribution >= 0.6 is 22.7 Å². The lowest BCUT2D eigenvalue weighted by Crippen LogP contribution is -2.32. The Morgan fingerprint density at radius 3 is 3.00 bits per heavy atom. The number of piperidine rings is 1. The molecule has 2 aromatic heterocycles. The lowest BCUT2D eigenvalue weighted by molar-refractivity contribution is 0.0832. The second-order valence-corrected chi connectivity index (χ2v) is 7.75. The molecule has 1 aliphatic heterocycles. The molecule has 22 heavy (non-hydrogen) atoms. The van der Waals surface area contributed by atoms with Crippen LogP contribution in [0.2, 0.25) is 0 Å². The van der Waals surface area contributed by atoms with Crippen molar-refractivity contribution in [2.24, 2.45) is 0 Å². The number of amides is 1. The molecule has 1 saturated heterocycles. The summed E-state index contributed by atoms with van der Waals surface area (Å²) < 4.78 is 0. The quantitative estimate of drug-likeness (QED) is 0.861. The average Bonchev–Trinajstić information content (AvgIpc) is 3.18. The van der Waals surface area contributed by atoms with E-state index in [9.17, 15) is 4.79 Å². The zero-order valence-corrected chi connectivity index (χ0v) is 14.5. The van der Waals surface area contributed by atoms with E-state index >= 15 is 0 Å². The number of hydrogen-bond acceptors (Lipinski definition) is 6. The normalized spacial score (nSPS) is 19.3. The summed E-state index contributed by atoms with van der Waals surface area (Å²) in [6.45, 7) is 2.00. The Morgan fingerprint density at radius 2 is 2.27 bits per heavy atom. The van der Waals surface area contributed by atoms with Gasteiger partial charge in [0.25, 0.3) is 5.91 Å². The second kappa shape index (κ2) is 6.85. The Labute approximate surface area is 138 Å². The van der Waals surface area contributed by atoms with Crippen molar-refractivity contribution < 1.29 is 4.79 Å². The summed E-state index contributed by atoms with van der Waals surface area (Å²) >= 11 is 3.23. The molecular weight excluding hydrogens is 316 g/mol. The summed E-state index contributed by atoms with van der Waals surface area (Å²) in [6.07, 6.45) is 7.23. The third-order valence-electron chi connectivity index (χ3n) is 3.88. The Morgan fingerprint density at radius 1 is 1.41 bits per heavy atom. The highest BCUT2D eigenvalue weighted by Crippen LogP contribution is 2.34. The van der Waals surface area contributed by atoms with Crippen LogP contribution in [0.25, 0.3) is 0 Å². The van der Waals surface area contributed by atoms with Crippen LogP contribution in [0.5, 0.6) is 0 Å². The minimum Gasteiger partial charge on any atom is -0.344 e. The van der Waals surface area contributed by atoms with Gasteiger partial charge in [-0.2, -0.15) is 0 Å². The molecule has 0 bridgehead atoms. The highest BCUT2D eigenvalue weighted by molar-refractivity contribution is 7.13. The number of rotatable bonds is 4. The smallest absolute Gasteiger partial charge is 0.265 e. The Bertz CT molecular complexity index is 623. The van der Waals surface area contributed by atoms with E-state index in [1.54, 1.807) is 36.5 Å². The third kappa shape index (κ3) is 3.37. The average molecular weight is 336 g/mol. The maximum atomic E-state index is 12.1. The van der Waals surface area contributed by atoms with Gasteiger partial charge in [0.2, 0.25) is 0 Å². The van der Waals surface area contributed by atoms with Gasteiger partial charge < -0.3 is 4.90 Å². The lowest BCUT2D eigenvalue weighted by Gasteiger charge is -2.34. The molecule has 0 saturated carbocycles. The van der Waals surface area contributed by atoms with Crippen LogP contribution in [0.15, 0.2) is 17.9 Å². The number of hydrogen-bond donors (Lipinski definition) is 0. The molecule has 1 aliphatic rings. The minimum absolute atomic E-state index is 0.0357. The van der Waals surface area contributed by atoms with Gasteiger partial charge in [-0.3, -0.25) is 14.7 Å². The Balaban J connectivity index is 1.77. The fourth-order valence-electron chi connectivity index (χ4n) is 2.74. The fourth-order valence-corrected chi connectivity index (χ4v) is 4.47. The maximum Gasteiger partial charge on any atom is 0.265 e. The molecule has 1 atom stereocenters. The third-order valence-corrected chi connectivity index (χ3v) is 5.73. The summed E-state index contributed by atoms with van der Waals surface area (Å²) in [4.78, 5) is 26.8. The standard InChI is InChI=1S/C15H20N4OS2/c1-18(2)15(20)13-8-17-14(22-13)12-5-3-4-6-19(12)9-11-7-16-10-21-11/h7-8,10,12H,3-6,9H2,1-2H3. The molecule has 0 aliphatic carbocycles. The van der Waals surface area contributed by atoms with E-state index in [0.29, 0.717) is 6.04 Å². The van der Waals surface area contributed by atoms with E-state index in [1.165, 1.54) is 29.1 Å². The van der Waals surface area contributed by atoms with Gasteiger partial charge in [0.1, 0.15) is 9.88 Å². The molecule has 0 aromatic carbocycles. The van der Waals surface area contributed by atoms with E-state index in [4.69, 9.17) is 0 Å². The minimum atomic E-state index is 0.0357. The molecule has 118 valence electrons. The number of nitrogens with zero attached hydrogens (tertiary/aromatic N) is 4. The number of likely N-dealkylation sites (tertiary alicyclic amines) is 1. The highest BCUT2D eigenvalue weighted by atomic mass is 32.1. The number of aromatic nitrogens is 2. The van der Waals surface area contributed by atoms with Crippen LogP contribution in [0.3, 0.4) is 0 Å². The van der Waals surface area contributed by atoms with Crippen molar-refractivity contribution in [2.75, 3.05) is 20.6 Å². The first kappa shape index (κ1) is 15.6. The molecule has 3 heterocycles. The van der Waals surface area contributed by atoms with E-state index in [-0.39, 0.29) is 5.91 Å². The van der Waals surface area contributed by atoms with Crippen LogP contribution in [-0.2, 0) is 6.54 Å². The maximum absolute atomic E-state index is 12.1. The lowest BCUT2D eigenvalue weighted by atomic mass is 10.0. The largest absolute Gasteiger partial charge is 0.344 e. The van der Waals surface area contributed by atoms with Crippen LogP contribution in [0.1, 0.15) is 44.9 Å². The van der Waals surface area contributed by atoms with Crippen molar-refractivity contribution in [1.82, 2.24) is 19.8 Å². The van der Waals surface area contributed by atoms with E-state index in [0.717, 1.165) is 29.4 Å². The van der Waals surface area contributed by atoms with Crippen molar-refractivity contribution in [1.29, 1.82) is 0 Å². The zero-order chi connectivity index (χ0) is 15.5. The number of carbonyl (C=O) groups excluding carboxylic acids is 1. The van der Waals surface area contributed by atoms with Crippen LogP contribution in [0.4, 0.5) is 0 Å². The molecular formula is C15H20N4OS2. The van der Waals surface area contributed by atoms with Gasteiger partial charge in [-0.1, -0.05) is 6.42 Å². The van der Waals surface area contributed by atoms with Crippen molar-refractivity contribution in [3.05, 3.63) is 32.7 Å². The van der Waals surface area contributed by atoms with Gasteiger partial charge in [0.15, 0.2) is 0 Å². The highest BCUT2D eigenvalue weighted by Gasteiger charge is 2.27. The van der Waals surface area contributed by atoms with Crippen LogP contribution < -0.4 is 0 Å². The Hall–Kier alpha value is -1.31. The van der Waals surface area contributed by atoms with Gasteiger partial charge in [0.05, 0.1) is 17.7 Å². The molecule has 1 amide bonds. The topological polar surface area (TPSA) is 49.3 Å². The SMILES string of the molecule is CN(C)C(=O)c1cnc(C2CCCCN2Cc2cncs2)s1. The first-order valence-corrected chi connectivity index (χ1v) is 9.13. The van der Waals surface area contributed by atoms with Crippen LogP contribution in [-0.4, -0.2) is 46.3 Å². The molecule has 5 nitrogen and oxygen atoms in total. The predicted octanol–water partition coefficient (Wildman–Crippen LogP) is 3.03. The predicted molar refractivity (Wildman–Crippen MR) is 89.2 cm³/mol. The zero-order valence-electron chi connectivity index (χ0n) is 12.9. The monoisotopic (exact) mass is 336 g/mol. The molecule has 3 rings (SSSR count). The Kier molecular flexibility index (Phi) is 4.85. The molecule has 0 spiro atoms. The molecule has 1 unspecified atom stereocenters. The first-order chi connectivity index (χ1) is 10.6. The number of thiazole rings is 2. The summed E-state index contributed by atoms with van der Waals surface area (Å²) in [5.41, 5.74) is 1.88. The summed E-state index contributed by atoms with van der Waals surface area (Å²) in [6, 6.07) is 0.324. The van der Waals surface area contributed by atoms with Crippen LogP contribution in [0, 0.1) is 0 Å². The van der Waals surface area contributed by atoms with E-state index < -0.39 is 0 Å². The van der Waals surface area contributed by atoms with Gasteiger partial charge in [0, 0.05) is 31.7 Å². The van der Waals surface area contributed by atoms with Crippen molar-refractivity contribution in [3.8, 4) is 0 Å². The second-order valence-electron chi connectivity index (χ2n) is 5.71. The summed E-state index contributed by atoms with van der Waals surface area (Å²) in [7, 11) is 3.55. The fraction of sp³-hybridized carbons (Fsp3) is 0.533. The van der Waals surface area contributed by atoms with Gasteiger partial charge in [-0.15, -0.1) is 22.7 Å². The van der Waals surface area contributed by atoms with Crippen molar-refractivity contribution in [3.63, 3.8) is 0 Å². The van der Waals surface area contributed by atoms with Gasteiger partial charge >= 0.3 is 0 Å². The van der Waals surface area contributed by atoms with Crippen molar-refractivity contribution in [2.45, 2.75) is 31.8 Å². The molecule has 0 radical (unpaired) electrons. The van der Waals surface area contributed by atoms with Gasteiger partial charge in [-0.05, 0) is 19.4 Å². The first-order valence-electron chi connectivity index (χ1n) is 7.44. The van der Waals surface area contributed by atoms with E-state index in [1.807, 2.05) is 11.7 Å². The number of carbonyl (C=O) groups is 1. The van der Waals surface area contributed by atoms with Crippen molar-refractivity contribution >= 4 is 28.6 Å². The molecule has 7 heteroatoms. The van der Waals surface area contributed by atoms with E-state index in [2.05, 4.69) is 14.9 Å². The summed E-state index contributed by atoms with van der Waals surface area (Å²) in [5, 5.41) is 1.06. The molecule has 1 fully saturated rings. The molecule has 0 N–H and O–H groups in total. The summed E-state index contributed by atoms with van der Waals surface area (Å²) in [5.74, 6) is 0.0357.